The van der Waals surface area contributed by atoms with E-state index in [9.17, 15) is 4.39 Å². The summed E-state index contributed by atoms with van der Waals surface area (Å²) < 4.78 is 18.9. The minimum atomic E-state index is -0.326. The molecule has 0 bridgehead atoms. The van der Waals surface area contributed by atoms with Crippen molar-refractivity contribution >= 4 is 22.5 Å². The molecule has 0 saturated carbocycles. The molecule has 0 amide bonds. The molecule has 4 heteroatoms. The van der Waals surface area contributed by atoms with Crippen LogP contribution in [-0.2, 0) is 5.88 Å². The van der Waals surface area contributed by atoms with E-state index in [1.807, 2.05) is 30.3 Å². The van der Waals surface area contributed by atoms with Gasteiger partial charge in [0.15, 0.2) is 0 Å². The van der Waals surface area contributed by atoms with E-state index in [1.165, 1.54) is 12.1 Å². The SMILES string of the molecule is Fc1ccc(Oc2ccc3cccnc3c2)c(CCl)c1. The van der Waals surface area contributed by atoms with Gasteiger partial charge in [0.2, 0.25) is 0 Å². The number of hydrogen-bond donors (Lipinski definition) is 0. The van der Waals surface area contributed by atoms with Crippen LogP contribution in [0, 0.1) is 5.82 Å². The van der Waals surface area contributed by atoms with Gasteiger partial charge in [-0.05, 0) is 36.4 Å². The molecular formula is C16H11ClFNO. The largest absolute Gasteiger partial charge is 0.457 e. The zero-order chi connectivity index (χ0) is 13.9. The third-order valence-corrected chi connectivity index (χ3v) is 3.26. The molecule has 2 aromatic carbocycles. The molecule has 0 spiro atoms. The first-order chi connectivity index (χ1) is 9.76. The van der Waals surface area contributed by atoms with Crippen molar-refractivity contribution in [1.29, 1.82) is 0 Å². The fourth-order valence-corrected chi connectivity index (χ4v) is 2.20. The number of rotatable bonds is 3. The molecule has 3 aromatic rings. The third-order valence-electron chi connectivity index (χ3n) is 2.97. The number of aromatic nitrogens is 1. The average molecular weight is 288 g/mol. The van der Waals surface area contributed by atoms with Crippen LogP contribution in [0.4, 0.5) is 4.39 Å². The molecule has 20 heavy (non-hydrogen) atoms. The Morgan fingerprint density at radius 2 is 2.00 bits per heavy atom. The smallest absolute Gasteiger partial charge is 0.132 e. The number of nitrogens with zero attached hydrogens (tertiary/aromatic N) is 1. The average Bonchev–Trinajstić information content (AvgIpc) is 2.49. The van der Waals surface area contributed by atoms with Crippen molar-refractivity contribution in [2.45, 2.75) is 5.88 Å². The molecule has 2 nitrogen and oxygen atoms in total. The molecule has 0 aliphatic heterocycles. The minimum Gasteiger partial charge on any atom is -0.457 e. The first kappa shape index (κ1) is 12.9. The van der Waals surface area contributed by atoms with Crippen molar-refractivity contribution in [2.24, 2.45) is 0 Å². The normalized spacial score (nSPS) is 10.7. The summed E-state index contributed by atoms with van der Waals surface area (Å²) in [6.07, 6.45) is 1.73. The van der Waals surface area contributed by atoms with Gasteiger partial charge in [-0.15, -0.1) is 11.6 Å². The Labute approximate surface area is 120 Å². The fourth-order valence-electron chi connectivity index (χ4n) is 1.99. The Kier molecular flexibility index (Phi) is 3.52. The minimum absolute atomic E-state index is 0.193. The van der Waals surface area contributed by atoms with Crippen LogP contribution < -0.4 is 4.74 Å². The Balaban J connectivity index is 1.96. The zero-order valence-corrected chi connectivity index (χ0v) is 11.3. The zero-order valence-electron chi connectivity index (χ0n) is 10.5. The Bertz CT molecular complexity index is 760. The van der Waals surface area contributed by atoms with E-state index >= 15 is 0 Å². The van der Waals surface area contributed by atoms with Gasteiger partial charge in [-0.1, -0.05) is 6.07 Å². The lowest BCUT2D eigenvalue weighted by molar-refractivity contribution is 0.476. The quantitative estimate of drug-likeness (QED) is 0.639. The molecule has 3 rings (SSSR count). The maximum atomic E-state index is 13.2. The molecule has 100 valence electrons. The summed E-state index contributed by atoms with van der Waals surface area (Å²) in [6.45, 7) is 0. The van der Waals surface area contributed by atoms with E-state index in [0.29, 0.717) is 17.1 Å². The van der Waals surface area contributed by atoms with Crippen LogP contribution in [0.1, 0.15) is 5.56 Å². The second-order valence-electron chi connectivity index (χ2n) is 4.35. The Morgan fingerprint density at radius 3 is 2.85 bits per heavy atom. The summed E-state index contributed by atoms with van der Waals surface area (Å²) in [5, 5.41) is 1.04. The molecule has 0 aliphatic carbocycles. The van der Waals surface area contributed by atoms with E-state index in [0.717, 1.165) is 10.9 Å². The first-order valence-corrected chi connectivity index (χ1v) is 6.67. The monoisotopic (exact) mass is 287 g/mol. The number of benzene rings is 2. The maximum absolute atomic E-state index is 13.2. The summed E-state index contributed by atoms with van der Waals surface area (Å²) in [6, 6.07) is 13.8. The lowest BCUT2D eigenvalue weighted by Gasteiger charge is -2.10. The summed E-state index contributed by atoms with van der Waals surface area (Å²) in [5.74, 6) is 1.07. The van der Waals surface area contributed by atoms with Crippen LogP contribution in [0.25, 0.3) is 10.9 Å². The van der Waals surface area contributed by atoms with E-state index in [-0.39, 0.29) is 11.7 Å². The predicted octanol–water partition coefficient (Wildman–Crippen LogP) is 4.91. The van der Waals surface area contributed by atoms with Crippen molar-refractivity contribution in [3.05, 3.63) is 66.1 Å². The Morgan fingerprint density at radius 1 is 1.10 bits per heavy atom. The van der Waals surface area contributed by atoms with Gasteiger partial charge in [-0.3, -0.25) is 4.98 Å². The van der Waals surface area contributed by atoms with Gasteiger partial charge >= 0.3 is 0 Å². The second-order valence-corrected chi connectivity index (χ2v) is 4.61. The molecule has 0 radical (unpaired) electrons. The van der Waals surface area contributed by atoms with E-state index in [1.54, 1.807) is 12.3 Å². The lowest BCUT2D eigenvalue weighted by Crippen LogP contribution is -1.91. The van der Waals surface area contributed by atoms with Gasteiger partial charge in [0.1, 0.15) is 17.3 Å². The number of halogens is 2. The van der Waals surface area contributed by atoms with Crippen LogP contribution in [0.3, 0.4) is 0 Å². The molecule has 0 unspecified atom stereocenters. The number of fused-ring (bicyclic) bond motifs is 1. The third kappa shape index (κ3) is 2.58. The first-order valence-electron chi connectivity index (χ1n) is 6.13. The van der Waals surface area contributed by atoms with Crippen molar-refractivity contribution in [3.63, 3.8) is 0 Å². The van der Waals surface area contributed by atoms with E-state index in [2.05, 4.69) is 4.98 Å². The standard InChI is InChI=1S/C16H11ClFNO/c17-10-12-8-13(18)4-6-16(12)20-14-5-3-11-2-1-7-19-15(11)9-14/h1-9H,10H2. The van der Waals surface area contributed by atoms with Gasteiger partial charge in [-0.25, -0.2) is 4.39 Å². The van der Waals surface area contributed by atoms with Gasteiger partial charge in [0.25, 0.3) is 0 Å². The highest BCUT2D eigenvalue weighted by Gasteiger charge is 2.06. The highest BCUT2D eigenvalue weighted by Crippen LogP contribution is 2.28. The van der Waals surface area contributed by atoms with Crippen molar-refractivity contribution < 1.29 is 9.13 Å². The molecule has 0 fully saturated rings. The summed E-state index contributed by atoms with van der Waals surface area (Å²) in [5.41, 5.74) is 1.47. The van der Waals surface area contributed by atoms with Crippen LogP contribution >= 0.6 is 11.6 Å². The van der Waals surface area contributed by atoms with Crippen molar-refractivity contribution in [3.8, 4) is 11.5 Å². The number of ether oxygens (including phenoxy) is 1. The predicted molar refractivity (Wildman–Crippen MR) is 77.8 cm³/mol. The molecule has 0 saturated heterocycles. The second kappa shape index (κ2) is 5.47. The molecule has 0 aliphatic rings. The highest BCUT2D eigenvalue weighted by molar-refractivity contribution is 6.17. The van der Waals surface area contributed by atoms with Crippen LogP contribution in [0.5, 0.6) is 11.5 Å². The number of pyridine rings is 1. The molecule has 0 atom stereocenters. The summed E-state index contributed by atoms with van der Waals surface area (Å²) in [4.78, 5) is 4.27. The van der Waals surface area contributed by atoms with Crippen molar-refractivity contribution in [1.82, 2.24) is 4.98 Å². The molecular weight excluding hydrogens is 277 g/mol. The Hall–Kier alpha value is -2.13. The topological polar surface area (TPSA) is 22.1 Å². The molecule has 1 heterocycles. The van der Waals surface area contributed by atoms with Crippen LogP contribution in [0.15, 0.2) is 54.7 Å². The number of alkyl halides is 1. The van der Waals surface area contributed by atoms with Gasteiger partial charge < -0.3 is 4.74 Å². The fraction of sp³-hybridized carbons (Fsp3) is 0.0625. The lowest BCUT2D eigenvalue weighted by atomic mass is 10.2. The van der Waals surface area contributed by atoms with E-state index in [4.69, 9.17) is 16.3 Å². The maximum Gasteiger partial charge on any atom is 0.132 e. The van der Waals surface area contributed by atoms with Gasteiger partial charge in [0, 0.05) is 23.2 Å². The van der Waals surface area contributed by atoms with Gasteiger partial charge in [0.05, 0.1) is 11.4 Å². The van der Waals surface area contributed by atoms with Crippen LogP contribution in [-0.4, -0.2) is 4.98 Å². The number of hydrogen-bond acceptors (Lipinski definition) is 2. The molecule has 1 aromatic heterocycles. The van der Waals surface area contributed by atoms with E-state index < -0.39 is 0 Å². The summed E-state index contributed by atoms with van der Waals surface area (Å²) >= 11 is 5.81. The van der Waals surface area contributed by atoms with Gasteiger partial charge in [-0.2, -0.15) is 0 Å². The van der Waals surface area contributed by atoms with Crippen LogP contribution in [0.2, 0.25) is 0 Å². The summed E-state index contributed by atoms with van der Waals surface area (Å²) in [7, 11) is 0. The highest BCUT2D eigenvalue weighted by atomic mass is 35.5. The van der Waals surface area contributed by atoms with Crippen molar-refractivity contribution in [2.75, 3.05) is 0 Å². The molecule has 0 N–H and O–H groups in total.